The first-order chi connectivity index (χ1) is 9.66. The topological polar surface area (TPSA) is 89.4 Å². The molecule has 0 radical (unpaired) electrons. The van der Waals surface area contributed by atoms with E-state index in [0.717, 1.165) is 5.56 Å². The van der Waals surface area contributed by atoms with E-state index < -0.39 is 11.8 Å². The fourth-order valence-corrected chi connectivity index (χ4v) is 2.40. The van der Waals surface area contributed by atoms with Gasteiger partial charge in [-0.05, 0) is 12.1 Å². The van der Waals surface area contributed by atoms with E-state index in [-0.39, 0.29) is 12.3 Å². The molecule has 0 saturated carbocycles. The van der Waals surface area contributed by atoms with Crippen LogP contribution in [0.5, 0.6) is 0 Å². The number of benzene rings is 1. The summed E-state index contributed by atoms with van der Waals surface area (Å²) in [5.41, 5.74) is 6.76. The molecule has 20 heavy (non-hydrogen) atoms. The summed E-state index contributed by atoms with van der Waals surface area (Å²) in [6, 6.07) is 7.35. The maximum atomic E-state index is 12.1. The fraction of sp³-hybridized carbons (Fsp3) is 0.214. The van der Waals surface area contributed by atoms with Gasteiger partial charge in [-0.1, -0.05) is 12.1 Å². The van der Waals surface area contributed by atoms with Crippen LogP contribution in [0, 0.1) is 5.92 Å². The SMILES string of the molecule is NC(=O)C1CC(=O)N(c2ccccc2-c2cnco2)C1. The predicted octanol–water partition coefficient (Wildman–Crippen LogP) is 1.18. The maximum Gasteiger partial charge on any atom is 0.227 e. The van der Waals surface area contributed by atoms with Gasteiger partial charge in [0, 0.05) is 18.5 Å². The number of nitrogens with zero attached hydrogens (tertiary/aromatic N) is 2. The molecule has 0 aliphatic carbocycles. The molecule has 1 saturated heterocycles. The van der Waals surface area contributed by atoms with Gasteiger partial charge in [0.25, 0.3) is 0 Å². The van der Waals surface area contributed by atoms with Crippen LogP contribution in [-0.2, 0) is 9.59 Å². The van der Waals surface area contributed by atoms with Crippen molar-refractivity contribution in [2.24, 2.45) is 11.7 Å². The molecule has 1 aliphatic rings. The second-order valence-corrected chi connectivity index (χ2v) is 4.69. The van der Waals surface area contributed by atoms with Crippen LogP contribution < -0.4 is 10.6 Å². The number of carbonyl (C=O) groups excluding carboxylic acids is 2. The highest BCUT2D eigenvalue weighted by atomic mass is 16.3. The zero-order valence-corrected chi connectivity index (χ0v) is 10.7. The summed E-state index contributed by atoms with van der Waals surface area (Å²) in [5, 5.41) is 0. The van der Waals surface area contributed by atoms with Gasteiger partial charge in [-0.25, -0.2) is 4.98 Å². The second kappa shape index (κ2) is 4.80. The van der Waals surface area contributed by atoms with Crippen LogP contribution in [0.2, 0.25) is 0 Å². The molecule has 1 aromatic heterocycles. The molecule has 3 rings (SSSR count). The van der Waals surface area contributed by atoms with E-state index >= 15 is 0 Å². The van der Waals surface area contributed by atoms with E-state index in [0.29, 0.717) is 18.0 Å². The lowest BCUT2D eigenvalue weighted by molar-refractivity contribution is -0.123. The lowest BCUT2D eigenvalue weighted by Crippen LogP contribution is -2.28. The predicted molar refractivity (Wildman–Crippen MR) is 71.6 cm³/mol. The zero-order chi connectivity index (χ0) is 14.1. The lowest BCUT2D eigenvalue weighted by Gasteiger charge is -2.19. The standard InChI is InChI=1S/C14H13N3O3/c15-14(19)9-5-13(18)17(7-9)11-4-2-1-3-10(11)12-6-16-8-20-12/h1-4,6,8-9H,5,7H2,(H2,15,19). The van der Waals surface area contributed by atoms with Gasteiger partial charge in [0.2, 0.25) is 11.8 Å². The number of hydrogen-bond donors (Lipinski definition) is 1. The van der Waals surface area contributed by atoms with Crippen molar-refractivity contribution in [3.8, 4) is 11.3 Å². The summed E-state index contributed by atoms with van der Waals surface area (Å²) in [6.45, 7) is 0.305. The van der Waals surface area contributed by atoms with Crippen molar-refractivity contribution in [2.45, 2.75) is 6.42 Å². The van der Waals surface area contributed by atoms with Gasteiger partial charge in [-0.2, -0.15) is 0 Å². The first-order valence-electron chi connectivity index (χ1n) is 6.24. The van der Waals surface area contributed by atoms with Crippen LogP contribution in [0.15, 0.2) is 41.3 Å². The Balaban J connectivity index is 1.99. The molecular formula is C14H13N3O3. The average Bonchev–Trinajstić information content (AvgIpc) is 3.08. The Bertz CT molecular complexity index is 651. The average molecular weight is 271 g/mol. The van der Waals surface area contributed by atoms with Crippen molar-refractivity contribution in [1.29, 1.82) is 0 Å². The Hall–Kier alpha value is -2.63. The largest absolute Gasteiger partial charge is 0.443 e. The third kappa shape index (κ3) is 2.05. The maximum absolute atomic E-state index is 12.1. The van der Waals surface area contributed by atoms with E-state index in [1.165, 1.54) is 6.39 Å². The molecule has 1 fully saturated rings. The summed E-state index contributed by atoms with van der Waals surface area (Å²) in [4.78, 5) is 28.8. The fourth-order valence-electron chi connectivity index (χ4n) is 2.40. The number of hydrogen-bond acceptors (Lipinski definition) is 4. The number of rotatable bonds is 3. The summed E-state index contributed by atoms with van der Waals surface area (Å²) < 4.78 is 5.29. The Morgan fingerprint density at radius 3 is 2.85 bits per heavy atom. The van der Waals surface area contributed by atoms with E-state index in [1.807, 2.05) is 24.3 Å². The minimum Gasteiger partial charge on any atom is -0.443 e. The molecule has 1 aliphatic heterocycles. The van der Waals surface area contributed by atoms with Crippen LogP contribution in [0.25, 0.3) is 11.3 Å². The zero-order valence-electron chi connectivity index (χ0n) is 10.7. The molecule has 1 unspecified atom stereocenters. The van der Waals surface area contributed by atoms with Crippen molar-refractivity contribution >= 4 is 17.5 Å². The van der Waals surface area contributed by atoms with E-state index in [4.69, 9.17) is 10.2 Å². The number of amides is 2. The third-order valence-electron chi connectivity index (χ3n) is 3.42. The van der Waals surface area contributed by atoms with E-state index in [1.54, 1.807) is 11.1 Å². The van der Waals surface area contributed by atoms with Crippen molar-refractivity contribution in [3.63, 3.8) is 0 Å². The van der Waals surface area contributed by atoms with Crippen LogP contribution in [0.4, 0.5) is 5.69 Å². The minimum atomic E-state index is -0.446. The molecule has 102 valence electrons. The molecule has 2 N–H and O–H groups in total. The van der Waals surface area contributed by atoms with Gasteiger partial charge in [-0.3, -0.25) is 9.59 Å². The number of anilines is 1. The summed E-state index contributed by atoms with van der Waals surface area (Å²) in [6.07, 6.45) is 3.08. The van der Waals surface area contributed by atoms with Gasteiger partial charge in [0.05, 0.1) is 17.8 Å². The van der Waals surface area contributed by atoms with Gasteiger partial charge in [-0.15, -0.1) is 0 Å². The number of primary amides is 1. The van der Waals surface area contributed by atoms with Gasteiger partial charge < -0.3 is 15.1 Å². The molecule has 1 atom stereocenters. The molecule has 2 heterocycles. The Labute approximate surface area is 115 Å². The lowest BCUT2D eigenvalue weighted by atomic mass is 10.1. The molecule has 1 aromatic carbocycles. The molecule has 6 nitrogen and oxygen atoms in total. The minimum absolute atomic E-state index is 0.110. The van der Waals surface area contributed by atoms with Crippen LogP contribution in [-0.4, -0.2) is 23.3 Å². The molecule has 2 amide bonds. The molecule has 0 bridgehead atoms. The second-order valence-electron chi connectivity index (χ2n) is 4.69. The number of oxazole rings is 1. The Morgan fingerprint density at radius 1 is 1.40 bits per heavy atom. The number of aromatic nitrogens is 1. The van der Waals surface area contributed by atoms with Crippen LogP contribution in [0.1, 0.15) is 6.42 Å². The van der Waals surface area contributed by atoms with Crippen molar-refractivity contribution in [3.05, 3.63) is 36.9 Å². The molecular weight excluding hydrogens is 258 g/mol. The summed E-state index contributed by atoms with van der Waals surface area (Å²) in [7, 11) is 0. The first-order valence-corrected chi connectivity index (χ1v) is 6.24. The van der Waals surface area contributed by atoms with E-state index in [9.17, 15) is 9.59 Å². The highest BCUT2D eigenvalue weighted by Crippen LogP contribution is 2.34. The smallest absolute Gasteiger partial charge is 0.227 e. The number of nitrogens with two attached hydrogens (primary N) is 1. The van der Waals surface area contributed by atoms with Crippen molar-refractivity contribution in [2.75, 3.05) is 11.4 Å². The number of para-hydroxylation sites is 1. The monoisotopic (exact) mass is 271 g/mol. The molecule has 2 aromatic rings. The normalized spacial score (nSPS) is 18.5. The highest BCUT2D eigenvalue weighted by Gasteiger charge is 2.35. The summed E-state index contributed by atoms with van der Waals surface area (Å²) in [5.74, 6) is -0.417. The quantitative estimate of drug-likeness (QED) is 0.907. The van der Waals surface area contributed by atoms with Crippen molar-refractivity contribution in [1.82, 2.24) is 4.98 Å². The highest BCUT2D eigenvalue weighted by molar-refractivity contribution is 6.02. The van der Waals surface area contributed by atoms with E-state index in [2.05, 4.69) is 4.98 Å². The molecule has 0 spiro atoms. The van der Waals surface area contributed by atoms with Gasteiger partial charge in [0.1, 0.15) is 0 Å². The molecule has 6 heteroatoms. The van der Waals surface area contributed by atoms with Gasteiger partial charge >= 0.3 is 0 Å². The Morgan fingerprint density at radius 2 is 2.20 bits per heavy atom. The number of carbonyl (C=O) groups is 2. The summed E-state index contributed by atoms with van der Waals surface area (Å²) >= 11 is 0. The van der Waals surface area contributed by atoms with Crippen LogP contribution >= 0.6 is 0 Å². The first kappa shape index (κ1) is 12.4. The Kier molecular flexibility index (Phi) is 2.98. The van der Waals surface area contributed by atoms with Crippen LogP contribution in [0.3, 0.4) is 0 Å². The van der Waals surface area contributed by atoms with Crippen molar-refractivity contribution < 1.29 is 14.0 Å². The van der Waals surface area contributed by atoms with Gasteiger partial charge in [0.15, 0.2) is 12.2 Å². The third-order valence-corrected chi connectivity index (χ3v) is 3.42.